The van der Waals surface area contributed by atoms with E-state index >= 15 is 0 Å². The summed E-state index contributed by atoms with van der Waals surface area (Å²) in [5.74, 6) is -0.921. The first-order chi connectivity index (χ1) is 9.56. The molecule has 104 valence electrons. The average Bonchev–Trinajstić information content (AvgIpc) is 2.62. The summed E-state index contributed by atoms with van der Waals surface area (Å²) in [7, 11) is 2.08. The van der Waals surface area contributed by atoms with Gasteiger partial charge >= 0.3 is 5.97 Å². The molecule has 0 saturated heterocycles. The predicted molar refractivity (Wildman–Crippen MR) is 83.5 cm³/mol. The van der Waals surface area contributed by atoms with Crippen LogP contribution in [0.25, 0.3) is 16.2 Å². The Morgan fingerprint density at radius 2 is 2.25 bits per heavy atom. The first-order valence-corrected chi connectivity index (χ1v) is 7.58. The number of nitrogens with zero attached hydrogens (tertiary/aromatic N) is 1. The highest BCUT2D eigenvalue weighted by molar-refractivity contribution is 7.20. The van der Waals surface area contributed by atoms with Crippen LogP contribution >= 0.6 is 22.9 Å². The van der Waals surface area contributed by atoms with E-state index in [4.69, 9.17) is 16.7 Å². The Bertz CT molecular complexity index is 720. The number of carboxylic acids is 1. The van der Waals surface area contributed by atoms with Crippen LogP contribution in [0.5, 0.6) is 0 Å². The molecule has 5 heteroatoms. The van der Waals surface area contributed by atoms with Crippen LogP contribution in [0.2, 0.25) is 5.02 Å². The Kier molecular flexibility index (Phi) is 3.54. The number of carboxylic acid groups (broad SMARTS) is 1. The van der Waals surface area contributed by atoms with Gasteiger partial charge in [0.05, 0.1) is 0 Å². The summed E-state index contributed by atoms with van der Waals surface area (Å²) in [6.07, 6.45) is 3.82. The summed E-state index contributed by atoms with van der Waals surface area (Å²) in [5, 5.41) is 10.8. The minimum atomic E-state index is -0.921. The maximum atomic E-state index is 10.7. The fourth-order valence-electron chi connectivity index (χ4n) is 2.65. The number of thiophene rings is 1. The third-order valence-electron chi connectivity index (χ3n) is 3.59. The molecule has 20 heavy (non-hydrogen) atoms. The summed E-state index contributed by atoms with van der Waals surface area (Å²) in [5.41, 5.74) is 2.38. The number of rotatable bonds is 2. The summed E-state index contributed by atoms with van der Waals surface area (Å²) < 4.78 is 1.18. The number of aliphatic carboxylic acids is 1. The fourth-order valence-corrected chi connectivity index (χ4v) is 4.05. The first kappa shape index (κ1) is 13.6. The Balaban J connectivity index is 2.25. The van der Waals surface area contributed by atoms with E-state index in [1.54, 1.807) is 17.4 Å². The van der Waals surface area contributed by atoms with Crippen molar-refractivity contribution >= 4 is 45.1 Å². The number of likely N-dealkylation sites (N-methyl/N-ethyl adjacent to an activating group) is 1. The molecule has 3 nitrogen and oxygen atoms in total. The zero-order chi connectivity index (χ0) is 14.3. The van der Waals surface area contributed by atoms with Crippen LogP contribution in [0.15, 0.2) is 18.2 Å². The van der Waals surface area contributed by atoms with Crippen molar-refractivity contribution in [3.8, 4) is 0 Å². The second kappa shape index (κ2) is 5.20. The van der Waals surface area contributed by atoms with Gasteiger partial charge in [0.1, 0.15) is 0 Å². The number of benzene rings is 1. The normalized spacial score (nSPS) is 15.9. The summed E-state index contributed by atoms with van der Waals surface area (Å²) in [6, 6.07) is 3.97. The van der Waals surface area contributed by atoms with Gasteiger partial charge < -0.3 is 10.0 Å². The molecule has 1 aliphatic heterocycles. The van der Waals surface area contributed by atoms with E-state index in [9.17, 15) is 4.79 Å². The lowest BCUT2D eigenvalue weighted by atomic mass is 10.0. The molecule has 0 radical (unpaired) electrons. The highest BCUT2D eigenvalue weighted by Crippen LogP contribution is 2.39. The highest BCUT2D eigenvalue weighted by atomic mass is 35.5. The van der Waals surface area contributed by atoms with Crippen molar-refractivity contribution in [3.05, 3.63) is 39.2 Å². The maximum absolute atomic E-state index is 10.7. The predicted octanol–water partition coefficient (Wildman–Crippen LogP) is 3.64. The van der Waals surface area contributed by atoms with Crippen LogP contribution in [0.1, 0.15) is 16.0 Å². The lowest BCUT2D eigenvalue weighted by Gasteiger charge is -2.13. The molecule has 0 saturated carbocycles. The van der Waals surface area contributed by atoms with Crippen molar-refractivity contribution in [2.45, 2.75) is 13.0 Å². The monoisotopic (exact) mass is 307 g/mol. The van der Waals surface area contributed by atoms with Gasteiger partial charge in [0, 0.05) is 39.2 Å². The summed E-state index contributed by atoms with van der Waals surface area (Å²) in [4.78, 5) is 14.0. The van der Waals surface area contributed by atoms with Gasteiger partial charge in [0.25, 0.3) is 0 Å². The quantitative estimate of drug-likeness (QED) is 0.861. The van der Waals surface area contributed by atoms with Crippen molar-refractivity contribution in [2.24, 2.45) is 0 Å². The minimum Gasteiger partial charge on any atom is -0.478 e. The molecule has 0 aliphatic carbocycles. The van der Waals surface area contributed by atoms with Gasteiger partial charge in [-0.2, -0.15) is 0 Å². The van der Waals surface area contributed by atoms with E-state index < -0.39 is 5.97 Å². The Morgan fingerprint density at radius 3 is 3.00 bits per heavy atom. The molecular formula is C15H14ClNO2S. The van der Waals surface area contributed by atoms with Gasteiger partial charge in [-0.3, -0.25) is 0 Å². The molecule has 0 atom stereocenters. The Morgan fingerprint density at radius 1 is 1.45 bits per heavy atom. The molecule has 2 aromatic rings. The van der Waals surface area contributed by atoms with Crippen LogP contribution < -0.4 is 0 Å². The molecule has 0 bridgehead atoms. The maximum Gasteiger partial charge on any atom is 0.328 e. The van der Waals surface area contributed by atoms with Crippen LogP contribution in [-0.2, 0) is 17.8 Å². The summed E-state index contributed by atoms with van der Waals surface area (Å²) in [6.45, 7) is 1.78. The molecule has 1 N–H and O–H groups in total. The molecule has 1 aromatic carbocycles. The minimum absolute atomic E-state index is 0.806. The molecule has 0 fully saturated rings. The second-order valence-electron chi connectivity index (χ2n) is 5.00. The Labute approximate surface area is 126 Å². The smallest absolute Gasteiger partial charge is 0.328 e. The number of carbonyl (C=O) groups is 1. The van der Waals surface area contributed by atoms with Gasteiger partial charge in [0.2, 0.25) is 0 Å². The molecule has 1 aromatic heterocycles. The Hall–Kier alpha value is -1.36. The molecular weight excluding hydrogens is 294 g/mol. The van der Waals surface area contributed by atoms with E-state index in [0.29, 0.717) is 0 Å². The largest absolute Gasteiger partial charge is 0.478 e. The van der Waals surface area contributed by atoms with E-state index in [2.05, 4.69) is 11.9 Å². The van der Waals surface area contributed by atoms with Gasteiger partial charge in [0.15, 0.2) is 0 Å². The lowest BCUT2D eigenvalue weighted by molar-refractivity contribution is -0.131. The van der Waals surface area contributed by atoms with Gasteiger partial charge in [-0.1, -0.05) is 11.6 Å². The molecule has 0 amide bonds. The molecule has 0 spiro atoms. The van der Waals surface area contributed by atoms with Crippen molar-refractivity contribution in [1.82, 2.24) is 4.90 Å². The van der Waals surface area contributed by atoms with Crippen molar-refractivity contribution < 1.29 is 9.90 Å². The summed E-state index contributed by atoms with van der Waals surface area (Å²) >= 11 is 7.97. The van der Waals surface area contributed by atoms with Gasteiger partial charge in [-0.25, -0.2) is 4.79 Å². The highest BCUT2D eigenvalue weighted by Gasteiger charge is 2.20. The number of halogens is 1. The van der Waals surface area contributed by atoms with Crippen LogP contribution in [0.4, 0.5) is 0 Å². The van der Waals surface area contributed by atoms with Gasteiger partial charge in [-0.05, 0) is 42.8 Å². The zero-order valence-corrected chi connectivity index (χ0v) is 12.6. The molecule has 1 aliphatic rings. The zero-order valence-electron chi connectivity index (χ0n) is 11.0. The van der Waals surface area contributed by atoms with Crippen molar-refractivity contribution in [2.75, 3.05) is 13.6 Å². The second-order valence-corrected chi connectivity index (χ2v) is 6.49. The third-order valence-corrected chi connectivity index (χ3v) is 5.10. The lowest BCUT2D eigenvalue weighted by Crippen LogP contribution is -2.18. The van der Waals surface area contributed by atoms with E-state index in [-0.39, 0.29) is 0 Å². The standard InChI is InChI=1S/C15H14ClNO2S/c1-17-7-6-9-11(16)2-3-13-15(9)10(8-17)12(20-13)4-5-14(18)19/h2-5H,6-8H2,1H3,(H,18,19)/b5-4-. The average molecular weight is 308 g/mol. The van der Waals surface area contributed by atoms with Crippen LogP contribution in [0, 0.1) is 0 Å². The third kappa shape index (κ3) is 2.35. The van der Waals surface area contributed by atoms with E-state index in [0.717, 1.165) is 29.4 Å². The fraction of sp³-hybridized carbons (Fsp3) is 0.267. The van der Waals surface area contributed by atoms with Crippen LogP contribution in [0.3, 0.4) is 0 Å². The molecule has 0 unspecified atom stereocenters. The van der Waals surface area contributed by atoms with Crippen molar-refractivity contribution in [1.29, 1.82) is 0 Å². The topological polar surface area (TPSA) is 40.5 Å². The number of hydrogen-bond donors (Lipinski definition) is 1. The molecule has 2 heterocycles. The van der Waals surface area contributed by atoms with Crippen LogP contribution in [-0.4, -0.2) is 29.6 Å². The van der Waals surface area contributed by atoms with Crippen molar-refractivity contribution in [3.63, 3.8) is 0 Å². The molecule has 3 rings (SSSR count). The first-order valence-electron chi connectivity index (χ1n) is 6.38. The van der Waals surface area contributed by atoms with Gasteiger partial charge in [-0.15, -0.1) is 11.3 Å². The van der Waals surface area contributed by atoms with E-state index in [1.165, 1.54) is 27.3 Å². The number of hydrogen-bond acceptors (Lipinski definition) is 3. The SMILES string of the molecule is CN1CCc2c(Cl)ccc3sc(/C=C\C(=O)O)c(c23)C1. The van der Waals surface area contributed by atoms with E-state index in [1.807, 2.05) is 12.1 Å².